The molecular weight excluding hydrogens is 677 g/mol. The molecule has 0 N–H and O–H groups in total. The fourth-order valence-electron chi connectivity index (χ4n) is 9.96. The molecule has 0 fully saturated rings. The summed E-state index contributed by atoms with van der Waals surface area (Å²) in [5.41, 5.74) is 14.4. The van der Waals surface area contributed by atoms with Gasteiger partial charge in [0.15, 0.2) is 0 Å². The van der Waals surface area contributed by atoms with E-state index in [0.717, 1.165) is 22.4 Å². The van der Waals surface area contributed by atoms with E-state index in [4.69, 9.17) is 4.74 Å². The van der Waals surface area contributed by atoms with Crippen molar-refractivity contribution in [1.29, 1.82) is 0 Å². The monoisotopic (exact) mass is 710 g/mol. The average Bonchev–Trinajstić information content (AvgIpc) is 3.57. The van der Waals surface area contributed by atoms with Crippen molar-refractivity contribution in [3.63, 3.8) is 0 Å². The molecule has 0 aromatic heterocycles. The summed E-state index contributed by atoms with van der Waals surface area (Å²) in [6.07, 6.45) is 0. The molecular formula is C55H34O. The minimum Gasteiger partial charge on any atom is -0.456 e. The summed E-state index contributed by atoms with van der Waals surface area (Å²) in [5.74, 6) is 1.81. The van der Waals surface area contributed by atoms with Crippen LogP contribution in [0.2, 0.25) is 0 Å². The molecule has 2 aliphatic rings. The predicted molar refractivity (Wildman–Crippen MR) is 233 cm³/mol. The molecule has 1 aliphatic carbocycles. The zero-order valence-electron chi connectivity index (χ0n) is 30.5. The molecule has 0 bridgehead atoms. The summed E-state index contributed by atoms with van der Waals surface area (Å²) in [6, 6.07) is 76.0. The third kappa shape index (κ3) is 4.31. The van der Waals surface area contributed by atoms with E-state index in [0.29, 0.717) is 0 Å². The largest absolute Gasteiger partial charge is 0.456 e. The van der Waals surface area contributed by atoms with Crippen LogP contribution in [-0.2, 0) is 5.41 Å². The van der Waals surface area contributed by atoms with E-state index in [9.17, 15) is 0 Å². The van der Waals surface area contributed by atoms with Crippen molar-refractivity contribution in [3.05, 3.63) is 229 Å². The molecule has 10 aromatic carbocycles. The highest BCUT2D eigenvalue weighted by Gasteiger charge is 2.47. The lowest BCUT2D eigenvalue weighted by molar-refractivity contribution is 0.487. The van der Waals surface area contributed by atoms with E-state index >= 15 is 0 Å². The molecule has 1 aliphatic heterocycles. The number of benzene rings is 10. The van der Waals surface area contributed by atoms with Crippen LogP contribution in [-0.4, -0.2) is 0 Å². The quantitative estimate of drug-likeness (QED) is 0.177. The van der Waals surface area contributed by atoms with Crippen molar-refractivity contribution in [2.24, 2.45) is 0 Å². The summed E-state index contributed by atoms with van der Waals surface area (Å²) in [7, 11) is 0. The predicted octanol–water partition coefficient (Wildman–Crippen LogP) is 14.6. The zero-order chi connectivity index (χ0) is 36.8. The molecule has 0 spiro atoms. The average molecular weight is 711 g/mol. The van der Waals surface area contributed by atoms with Crippen molar-refractivity contribution >= 4 is 32.3 Å². The molecule has 0 amide bonds. The summed E-state index contributed by atoms with van der Waals surface area (Å²) < 4.78 is 6.51. The van der Waals surface area contributed by atoms with Crippen LogP contribution in [0.15, 0.2) is 206 Å². The molecule has 0 unspecified atom stereocenters. The van der Waals surface area contributed by atoms with Crippen molar-refractivity contribution in [1.82, 2.24) is 0 Å². The highest BCUT2D eigenvalue weighted by molar-refractivity contribution is 6.12. The lowest BCUT2D eigenvalue weighted by atomic mass is 9.67. The second-order valence-electron chi connectivity index (χ2n) is 15.1. The first-order valence-corrected chi connectivity index (χ1v) is 19.4. The second-order valence-corrected chi connectivity index (χ2v) is 15.1. The minimum absolute atomic E-state index is 0.504. The Bertz CT molecular complexity index is 3170. The highest BCUT2D eigenvalue weighted by Crippen LogP contribution is 2.59. The Morgan fingerprint density at radius 1 is 0.321 bits per heavy atom. The van der Waals surface area contributed by atoms with Gasteiger partial charge in [0.2, 0.25) is 0 Å². The Labute approximate surface area is 325 Å². The molecule has 1 nitrogen and oxygen atoms in total. The van der Waals surface area contributed by atoms with Crippen molar-refractivity contribution < 1.29 is 4.74 Å². The molecule has 0 saturated carbocycles. The van der Waals surface area contributed by atoms with Gasteiger partial charge in [-0.1, -0.05) is 182 Å². The van der Waals surface area contributed by atoms with Crippen LogP contribution in [0.5, 0.6) is 11.5 Å². The van der Waals surface area contributed by atoms with Gasteiger partial charge < -0.3 is 4.74 Å². The van der Waals surface area contributed by atoms with Gasteiger partial charge in [0.1, 0.15) is 11.5 Å². The maximum absolute atomic E-state index is 6.51. The Hall–Kier alpha value is -7.22. The van der Waals surface area contributed by atoms with Crippen LogP contribution >= 0.6 is 0 Å². The minimum atomic E-state index is -0.504. The van der Waals surface area contributed by atoms with Gasteiger partial charge in [-0.15, -0.1) is 0 Å². The first-order valence-electron chi connectivity index (χ1n) is 19.4. The summed E-state index contributed by atoms with van der Waals surface area (Å²) >= 11 is 0. The summed E-state index contributed by atoms with van der Waals surface area (Å²) in [5, 5.41) is 7.39. The number of ether oxygens (including phenoxy) is 1. The summed E-state index contributed by atoms with van der Waals surface area (Å²) in [4.78, 5) is 0. The number of hydrogen-bond acceptors (Lipinski definition) is 1. The van der Waals surface area contributed by atoms with Gasteiger partial charge in [-0.3, -0.25) is 0 Å². The fraction of sp³-hybridized carbons (Fsp3) is 0.0182. The third-order valence-corrected chi connectivity index (χ3v) is 12.3. The van der Waals surface area contributed by atoms with Crippen LogP contribution in [0, 0.1) is 0 Å². The molecule has 56 heavy (non-hydrogen) atoms. The van der Waals surface area contributed by atoms with E-state index in [1.54, 1.807) is 0 Å². The number of para-hydroxylation sites is 1. The molecule has 1 heteroatoms. The molecule has 12 rings (SSSR count). The van der Waals surface area contributed by atoms with Gasteiger partial charge in [0.05, 0.1) is 5.41 Å². The van der Waals surface area contributed by atoms with Gasteiger partial charge >= 0.3 is 0 Å². The number of fused-ring (bicyclic) bond motifs is 8. The molecule has 0 saturated heterocycles. The topological polar surface area (TPSA) is 9.23 Å². The second kappa shape index (κ2) is 11.9. The van der Waals surface area contributed by atoms with Gasteiger partial charge in [0, 0.05) is 10.9 Å². The van der Waals surface area contributed by atoms with Crippen LogP contribution < -0.4 is 4.74 Å². The molecule has 1 heterocycles. The van der Waals surface area contributed by atoms with E-state index in [2.05, 4.69) is 200 Å². The normalized spacial score (nSPS) is 13.3. The Morgan fingerprint density at radius 3 is 1.77 bits per heavy atom. The third-order valence-electron chi connectivity index (χ3n) is 12.3. The lowest BCUT2D eigenvalue weighted by Gasteiger charge is -2.34. The smallest absolute Gasteiger partial charge is 0.135 e. The highest BCUT2D eigenvalue weighted by atomic mass is 16.5. The van der Waals surface area contributed by atoms with Crippen molar-refractivity contribution in [2.45, 2.75) is 5.41 Å². The van der Waals surface area contributed by atoms with Crippen LogP contribution in [0.3, 0.4) is 0 Å². The van der Waals surface area contributed by atoms with Crippen molar-refractivity contribution in [2.75, 3.05) is 0 Å². The van der Waals surface area contributed by atoms with Gasteiger partial charge in [-0.2, -0.15) is 0 Å². The lowest BCUT2D eigenvalue weighted by Crippen LogP contribution is -2.28. The maximum atomic E-state index is 6.51. The SMILES string of the molecule is c1ccc(C2(c3ccccc3)c3ccc(-c4ccc5c6c(cccc46)-c4ccccc4O5)cc3-c3c2ccc2c(-c4ccc5ccccc5c4)cccc32)cc1. The van der Waals surface area contributed by atoms with Gasteiger partial charge in [-0.05, 0) is 112 Å². The number of rotatable bonds is 4. The first-order chi connectivity index (χ1) is 27.8. The molecule has 10 aromatic rings. The van der Waals surface area contributed by atoms with E-state index in [1.807, 2.05) is 6.07 Å². The maximum Gasteiger partial charge on any atom is 0.135 e. The van der Waals surface area contributed by atoms with Crippen LogP contribution in [0.1, 0.15) is 22.3 Å². The van der Waals surface area contributed by atoms with Crippen molar-refractivity contribution in [3.8, 4) is 56.0 Å². The zero-order valence-corrected chi connectivity index (χ0v) is 30.5. The number of hydrogen-bond donors (Lipinski definition) is 0. The van der Waals surface area contributed by atoms with Crippen LogP contribution in [0.4, 0.5) is 0 Å². The molecule has 260 valence electrons. The van der Waals surface area contributed by atoms with Gasteiger partial charge in [0.25, 0.3) is 0 Å². The first kappa shape index (κ1) is 31.2. The van der Waals surface area contributed by atoms with E-state index in [1.165, 1.54) is 88.1 Å². The van der Waals surface area contributed by atoms with E-state index < -0.39 is 5.41 Å². The molecule has 0 radical (unpaired) electrons. The Morgan fingerprint density at radius 2 is 0.946 bits per heavy atom. The Kier molecular flexibility index (Phi) is 6.62. The summed E-state index contributed by atoms with van der Waals surface area (Å²) in [6.45, 7) is 0. The van der Waals surface area contributed by atoms with E-state index in [-0.39, 0.29) is 0 Å². The molecule has 0 atom stereocenters. The standard InChI is InChI=1S/C55H34O/c1-3-15-39(16-4-1)55(40-17-5-2-6-18-40)49-30-27-38(42-29-32-52-54-45(42)21-12-23-47(54)44-19-9-10-24-51(44)56-52)34-48(49)53-46-22-11-20-41(43(46)28-31-50(53)55)37-26-25-35-13-7-8-14-36(35)33-37/h1-34H. The van der Waals surface area contributed by atoms with Gasteiger partial charge in [-0.25, -0.2) is 0 Å². The Balaban J connectivity index is 1.15. The van der Waals surface area contributed by atoms with Crippen LogP contribution in [0.25, 0.3) is 76.8 Å². The fourth-order valence-corrected chi connectivity index (χ4v) is 9.96.